The van der Waals surface area contributed by atoms with Crippen LogP contribution in [0.3, 0.4) is 0 Å². The summed E-state index contributed by atoms with van der Waals surface area (Å²) in [6.07, 6.45) is 14.4. The van der Waals surface area contributed by atoms with Crippen molar-refractivity contribution in [3.63, 3.8) is 0 Å². The summed E-state index contributed by atoms with van der Waals surface area (Å²) in [5.74, 6) is 0. The van der Waals surface area contributed by atoms with Gasteiger partial charge in [0.25, 0.3) is 0 Å². The van der Waals surface area contributed by atoms with Crippen LogP contribution in [0, 0.1) is 5.41 Å². The van der Waals surface area contributed by atoms with Gasteiger partial charge in [0.2, 0.25) is 0 Å². The molecule has 0 spiro atoms. The number of hydrogen-bond donors (Lipinski definition) is 2. The van der Waals surface area contributed by atoms with E-state index in [0.29, 0.717) is 0 Å². The summed E-state index contributed by atoms with van der Waals surface area (Å²) in [5, 5.41) is 11.2. The minimum atomic E-state index is -0.484. The molecule has 0 rings (SSSR count). The fourth-order valence-corrected chi connectivity index (χ4v) is 3.51. The van der Waals surface area contributed by atoms with Gasteiger partial charge in [-0.3, -0.25) is 0 Å². The molecule has 0 aromatic rings. The van der Waals surface area contributed by atoms with Crippen LogP contribution in [0.25, 0.3) is 0 Å². The lowest BCUT2D eigenvalue weighted by atomic mass is 9.62. The molecule has 0 aliphatic heterocycles. The lowest BCUT2D eigenvalue weighted by Gasteiger charge is -2.47. The molecule has 0 aliphatic carbocycles. The largest absolute Gasteiger partial charge is 0.390 e. The molecule has 4 N–H and O–H groups in total. The molecule has 0 amide bonds. The standard InChI is InChI=1S/C19H40O.H3N/c1-6-10-14-18(5,20)19(15-11-7-2,16-12-8-3)17-13-9-4;/h20H,6-17H2,1-5H3;1H3. The fourth-order valence-electron chi connectivity index (χ4n) is 3.51. The molecule has 0 heterocycles. The van der Waals surface area contributed by atoms with Crippen molar-refractivity contribution in [2.45, 2.75) is 117 Å². The summed E-state index contributed by atoms with van der Waals surface area (Å²) in [5.41, 5.74) is -0.327. The second-order valence-corrected chi connectivity index (χ2v) is 6.97. The predicted molar refractivity (Wildman–Crippen MR) is 96.2 cm³/mol. The summed E-state index contributed by atoms with van der Waals surface area (Å²) >= 11 is 0. The number of unbranched alkanes of at least 4 members (excludes halogenated alkanes) is 4. The first kappa shape index (κ1) is 23.2. The van der Waals surface area contributed by atoms with E-state index in [9.17, 15) is 5.11 Å². The highest BCUT2D eigenvalue weighted by Gasteiger charge is 2.44. The van der Waals surface area contributed by atoms with Gasteiger partial charge in [0.15, 0.2) is 0 Å². The highest BCUT2D eigenvalue weighted by Crippen LogP contribution is 2.47. The smallest absolute Gasteiger partial charge is 0.0675 e. The Hall–Kier alpha value is -0.0800. The topological polar surface area (TPSA) is 55.2 Å². The first-order chi connectivity index (χ1) is 9.49. The summed E-state index contributed by atoms with van der Waals surface area (Å²) in [7, 11) is 0. The maximum atomic E-state index is 11.2. The average molecular weight is 302 g/mol. The molecule has 21 heavy (non-hydrogen) atoms. The van der Waals surface area contributed by atoms with E-state index in [1.165, 1.54) is 64.2 Å². The molecule has 2 heteroatoms. The van der Waals surface area contributed by atoms with E-state index >= 15 is 0 Å². The Morgan fingerprint density at radius 1 is 0.619 bits per heavy atom. The number of hydrogen-bond acceptors (Lipinski definition) is 2. The Labute approximate surface area is 134 Å². The van der Waals surface area contributed by atoms with E-state index in [4.69, 9.17) is 0 Å². The Morgan fingerprint density at radius 2 is 0.905 bits per heavy atom. The van der Waals surface area contributed by atoms with Gasteiger partial charge in [-0.1, -0.05) is 79.1 Å². The molecule has 1 unspecified atom stereocenters. The second kappa shape index (κ2) is 12.5. The zero-order valence-electron chi connectivity index (χ0n) is 15.6. The maximum Gasteiger partial charge on any atom is 0.0675 e. The van der Waals surface area contributed by atoms with Crippen molar-refractivity contribution in [3.8, 4) is 0 Å². The molecule has 0 saturated heterocycles. The van der Waals surface area contributed by atoms with Crippen LogP contribution in [-0.4, -0.2) is 10.7 Å². The predicted octanol–water partition coefficient (Wildman–Crippen LogP) is 6.65. The average Bonchev–Trinajstić information content (AvgIpc) is 2.44. The van der Waals surface area contributed by atoms with Gasteiger partial charge in [-0.05, 0) is 38.0 Å². The molecule has 0 saturated carbocycles. The number of aliphatic hydroxyl groups is 1. The molecule has 0 bridgehead atoms. The summed E-state index contributed by atoms with van der Waals surface area (Å²) in [4.78, 5) is 0. The van der Waals surface area contributed by atoms with Crippen LogP contribution >= 0.6 is 0 Å². The van der Waals surface area contributed by atoms with Gasteiger partial charge >= 0.3 is 0 Å². The molecular weight excluding hydrogens is 258 g/mol. The van der Waals surface area contributed by atoms with Crippen molar-refractivity contribution >= 4 is 0 Å². The SMILES string of the molecule is CCCCC(C)(O)C(CCCC)(CCCC)CCCC.N. The second-order valence-electron chi connectivity index (χ2n) is 6.97. The highest BCUT2D eigenvalue weighted by atomic mass is 16.3. The van der Waals surface area contributed by atoms with Crippen LogP contribution in [0.2, 0.25) is 0 Å². The van der Waals surface area contributed by atoms with Gasteiger partial charge in [0, 0.05) is 0 Å². The molecule has 1 atom stereocenters. The monoisotopic (exact) mass is 301 g/mol. The molecule has 130 valence electrons. The fraction of sp³-hybridized carbons (Fsp3) is 1.00. The molecule has 0 aromatic heterocycles. The van der Waals surface area contributed by atoms with Gasteiger partial charge in [0.1, 0.15) is 0 Å². The van der Waals surface area contributed by atoms with E-state index in [1.54, 1.807) is 0 Å². The van der Waals surface area contributed by atoms with Crippen LogP contribution in [0.5, 0.6) is 0 Å². The van der Waals surface area contributed by atoms with Gasteiger partial charge < -0.3 is 11.3 Å². The first-order valence-electron chi connectivity index (χ1n) is 9.22. The summed E-state index contributed by atoms with van der Waals surface area (Å²) in [6, 6.07) is 0. The third-order valence-electron chi connectivity index (χ3n) is 5.19. The molecule has 0 aromatic carbocycles. The maximum absolute atomic E-state index is 11.2. The molecule has 2 nitrogen and oxygen atoms in total. The minimum Gasteiger partial charge on any atom is -0.390 e. The molecule has 0 aliphatic rings. The molecule has 0 radical (unpaired) electrons. The van der Waals surface area contributed by atoms with Gasteiger partial charge in [-0.2, -0.15) is 0 Å². The lowest BCUT2D eigenvalue weighted by molar-refractivity contribution is -0.0958. The van der Waals surface area contributed by atoms with Crippen molar-refractivity contribution in [1.29, 1.82) is 0 Å². The van der Waals surface area contributed by atoms with Crippen molar-refractivity contribution in [2.75, 3.05) is 0 Å². The van der Waals surface area contributed by atoms with Crippen LogP contribution in [0.1, 0.15) is 112 Å². The van der Waals surface area contributed by atoms with E-state index in [2.05, 4.69) is 34.6 Å². The zero-order chi connectivity index (χ0) is 15.5. The van der Waals surface area contributed by atoms with Crippen LogP contribution in [-0.2, 0) is 0 Å². The van der Waals surface area contributed by atoms with E-state index < -0.39 is 5.60 Å². The Bertz CT molecular complexity index is 204. The van der Waals surface area contributed by atoms with Crippen LogP contribution in [0.15, 0.2) is 0 Å². The quantitative estimate of drug-likeness (QED) is 0.400. The summed E-state index contributed by atoms with van der Waals surface area (Å²) < 4.78 is 0. The molecular formula is C19H43NO. The van der Waals surface area contributed by atoms with E-state index in [-0.39, 0.29) is 11.6 Å². The van der Waals surface area contributed by atoms with Crippen molar-refractivity contribution in [2.24, 2.45) is 5.41 Å². The zero-order valence-corrected chi connectivity index (χ0v) is 15.6. The highest BCUT2D eigenvalue weighted by molar-refractivity contribution is 4.95. The van der Waals surface area contributed by atoms with Crippen molar-refractivity contribution in [1.82, 2.24) is 6.15 Å². The first-order valence-corrected chi connectivity index (χ1v) is 9.22. The lowest BCUT2D eigenvalue weighted by Crippen LogP contribution is -2.46. The Morgan fingerprint density at radius 3 is 1.19 bits per heavy atom. The minimum absolute atomic E-state index is 0. The van der Waals surface area contributed by atoms with Gasteiger partial charge in [-0.25, -0.2) is 0 Å². The third kappa shape index (κ3) is 7.65. The van der Waals surface area contributed by atoms with Gasteiger partial charge in [-0.15, -0.1) is 0 Å². The van der Waals surface area contributed by atoms with Crippen LogP contribution in [0.4, 0.5) is 0 Å². The van der Waals surface area contributed by atoms with Gasteiger partial charge in [0.05, 0.1) is 5.60 Å². The van der Waals surface area contributed by atoms with Crippen molar-refractivity contribution < 1.29 is 5.11 Å². The third-order valence-corrected chi connectivity index (χ3v) is 5.19. The van der Waals surface area contributed by atoms with Crippen LogP contribution < -0.4 is 6.15 Å². The normalized spacial score (nSPS) is 14.6. The number of rotatable bonds is 13. The van der Waals surface area contributed by atoms with E-state index in [1.807, 2.05) is 0 Å². The Balaban J connectivity index is 0. The van der Waals surface area contributed by atoms with E-state index in [0.717, 1.165) is 12.8 Å². The molecule has 0 fully saturated rings. The summed E-state index contributed by atoms with van der Waals surface area (Å²) in [6.45, 7) is 11.2. The van der Waals surface area contributed by atoms with Crippen molar-refractivity contribution in [3.05, 3.63) is 0 Å². The Kier molecular flexibility index (Phi) is 13.8.